The molecule has 4 rings (SSSR count). The second-order valence-electron chi connectivity index (χ2n) is 8.47. The maximum atomic E-state index is 14.5. The molecule has 3 heterocycles. The van der Waals surface area contributed by atoms with Crippen molar-refractivity contribution in [2.75, 3.05) is 6.54 Å². The molecule has 9 heteroatoms. The van der Waals surface area contributed by atoms with Crippen molar-refractivity contribution in [3.8, 4) is 11.3 Å². The molecule has 1 aromatic carbocycles. The largest absolute Gasteiger partial charge is 0.365 e. The zero-order valence-electron chi connectivity index (χ0n) is 19.1. The summed E-state index contributed by atoms with van der Waals surface area (Å²) in [6, 6.07) is 7.52. The summed E-state index contributed by atoms with van der Waals surface area (Å²) >= 11 is 0. The van der Waals surface area contributed by atoms with E-state index in [4.69, 9.17) is 0 Å². The Hall–Kier alpha value is -3.49. The van der Waals surface area contributed by atoms with Gasteiger partial charge in [-0.15, -0.1) is 0 Å². The first-order chi connectivity index (χ1) is 15.9. The van der Waals surface area contributed by atoms with Crippen LogP contribution in [0.4, 0.5) is 4.39 Å². The van der Waals surface area contributed by atoms with Crippen LogP contribution in [0.1, 0.15) is 51.6 Å². The fourth-order valence-electron chi connectivity index (χ4n) is 3.80. The number of likely N-dealkylation sites (tertiary alicyclic amines) is 1. The molecule has 2 atom stereocenters. The summed E-state index contributed by atoms with van der Waals surface area (Å²) < 4.78 is 18.8. The van der Waals surface area contributed by atoms with Gasteiger partial charge >= 0.3 is 0 Å². The minimum absolute atomic E-state index is 0.0234. The fraction of sp³-hybridized carbons (Fsp3) is 0.417. The van der Waals surface area contributed by atoms with Gasteiger partial charge in [0, 0.05) is 24.7 Å². The number of hydrogen-bond donors (Lipinski definition) is 2. The number of benzene rings is 1. The Bertz CT molecular complexity index is 1000. The van der Waals surface area contributed by atoms with Gasteiger partial charge in [-0.3, -0.25) is 14.7 Å². The number of halogens is 1. The molecule has 33 heavy (non-hydrogen) atoms. The number of hydrogen-bond acceptors (Lipinski definition) is 5. The second-order valence-corrected chi connectivity index (χ2v) is 8.47. The topological polar surface area (TPSA) is 104 Å². The van der Waals surface area contributed by atoms with E-state index in [0.717, 1.165) is 6.42 Å². The minimum Gasteiger partial charge on any atom is -0.365 e. The van der Waals surface area contributed by atoms with Crippen LogP contribution in [0.3, 0.4) is 0 Å². The van der Waals surface area contributed by atoms with Gasteiger partial charge in [-0.05, 0) is 55.5 Å². The molecule has 2 aromatic heterocycles. The van der Waals surface area contributed by atoms with Gasteiger partial charge in [-0.1, -0.05) is 25.1 Å². The van der Waals surface area contributed by atoms with Gasteiger partial charge in [-0.25, -0.2) is 4.39 Å². The van der Waals surface area contributed by atoms with Crippen LogP contribution in [0.2, 0.25) is 0 Å². The quantitative estimate of drug-likeness (QED) is 0.582. The van der Waals surface area contributed by atoms with Crippen LogP contribution in [0.15, 0.2) is 53.5 Å². The van der Waals surface area contributed by atoms with E-state index in [1.807, 2.05) is 20.8 Å². The number of nitrogens with one attached hydrogen (secondary N) is 2. The van der Waals surface area contributed by atoms with Crippen LogP contribution in [-0.4, -0.2) is 44.7 Å². The SMILES string of the molecule is CC(C)CC(=O)N1CCCC1C(=O)NC(C)c1ccc(-c2ccn[nH]2)c(F)c1.c1cnoc1. The molecule has 2 amide bonds. The van der Waals surface area contributed by atoms with Crippen LogP contribution < -0.4 is 5.32 Å². The number of H-pyrrole nitrogens is 1. The van der Waals surface area contributed by atoms with E-state index >= 15 is 0 Å². The Morgan fingerprint density at radius 2 is 2.09 bits per heavy atom. The van der Waals surface area contributed by atoms with Crippen LogP contribution in [0.25, 0.3) is 11.3 Å². The van der Waals surface area contributed by atoms with Crippen molar-refractivity contribution in [2.24, 2.45) is 5.92 Å². The number of amides is 2. The molecule has 1 aliphatic heterocycles. The molecule has 0 bridgehead atoms. The van der Waals surface area contributed by atoms with E-state index in [9.17, 15) is 14.0 Å². The molecular formula is C24H30FN5O3. The van der Waals surface area contributed by atoms with Gasteiger partial charge in [-0.2, -0.15) is 5.10 Å². The maximum absolute atomic E-state index is 14.5. The summed E-state index contributed by atoms with van der Waals surface area (Å²) in [5, 5.41) is 12.9. The van der Waals surface area contributed by atoms with Gasteiger partial charge in [0.2, 0.25) is 11.8 Å². The standard InChI is InChI=1S/C21H27FN4O2.C3H3NO/c1-13(2)11-20(27)26-10-4-5-19(26)21(28)24-14(3)15-6-7-16(17(22)12-15)18-8-9-23-25-18;1-2-4-5-3-1/h6-9,12-14,19H,4-5,10-11H2,1-3H3,(H,23,25)(H,24,28);1-3H. The number of carbonyl (C=O) groups is 2. The maximum Gasteiger partial charge on any atom is 0.243 e. The molecule has 3 aromatic rings. The molecule has 0 spiro atoms. The Labute approximate surface area is 192 Å². The lowest BCUT2D eigenvalue weighted by molar-refractivity contribution is -0.139. The molecule has 1 aliphatic rings. The Morgan fingerprint density at radius 1 is 1.27 bits per heavy atom. The third-order valence-corrected chi connectivity index (χ3v) is 5.45. The van der Waals surface area contributed by atoms with Crippen molar-refractivity contribution in [1.29, 1.82) is 0 Å². The number of aromatic nitrogens is 3. The average Bonchev–Trinajstić information content (AvgIpc) is 3.57. The monoisotopic (exact) mass is 455 g/mol. The molecule has 176 valence electrons. The number of carbonyl (C=O) groups excluding carboxylic acids is 2. The van der Waals surface area contributed by atoms with E-state index in [2.05, 4.69) is 25.2 Å². The molecule has 0 saturated carbocycles. The van der Waals surface area contributed by atoms with Gasteiger partial charge in [0.15, 0.2) is 0 Å². The zero-order chi connectivity index (χ0) is 23.8. The fourth-order valence-corrected chi connectivity index (χ4v) is 3.80. The highest BCUT2D eigenvalue weighted by molar-refractivity contribution is 5.88. The Balaban J connectivity index is 0.000000541. The summed E-state index contributed by atoms with van der Waals surface area (Å²) in [6.07, 6.45) is 6.60. The van der Waals surface area contributed by atoms with E-state index in [0.29, 0.717) is 36.2 Å². The normalized spacial score (nSPS) is 16.3. The predicted octanol–water partition coefficient (Wildman–Crippen LogP) is 4.10. The Morgan fingerprint density at radius 3 is 2.67 bits per heavy atom. The van der Waals surface area contributed by atoms with Gasteiger partial charge in [0.05, 0.1) is 17.9 Å². The number of nitrogens with zero attached hydrogens (tertiary/aromatic N) is 3. The molecule has 0 radical (unpaired) electrons. The predicted molar refractivity (Wildman–Crippen MR) is 121 cm³/mol. The van der Waals surface area contributed by atoms with Gasteiger partial charge in [0.25, 0.3) is 0 Å². The average molecular weight is 456 g/mol. The van der Waals surface area contributed by atoms with E-state index in [-0.39, 0.29) is 29.6 Å². The molecule has 1 saturated heterocycles. The third-order valence-electron chi connectivity index (χ3n) is 5.45. The van der Waals surface area contributed by atoms with Crippen LogP contribution >= 0.6 is 0 Å². The van der Waals surface area contributed by atoms with Crippen LogP contribution in [-0.2, 0) is 9.59 Å². The molecule has 1 fully saturated rings. The summed E-state index contributed by atoms with van der Waals surface area (Å²) in [4.78, 5) is 26.9. The van der Waals surface area contributed by atoms with Gasteiger partial charge in [0.1, 0.15) is 18.1 Å². The summed E-state index contributed by atoms with van der Waals surface area (Å²) in [6.45, 7) is 6.42. The van der Waals surface area contributed by atoms with E-state index < -0.39 is 6.04 Å². The first kappa shape index (κ1) is 24.2. The van der Waals surface area contributed by atoms with Crippen LogP contribution in [0, 0.1) is 11.7 Å². The van der Waals surface area contributed by atoms with Crippen molar-refractivity contribution in [1.82, 2.24) is 25.6 Å². The van der Waals surface area contributed by atoms with Crippen molar-refractivity contribution in [3.63, 3.8) is 0 Å². The molecule has 2 N–H and O–H groups in total. The third kappa shape index (κ3) is 6.50. The zero-order valence-corrected chi connectivity index (χ0v) is 19.1. The highest BCUT2D eigenvalue weighted by Crippen LogP contribution is 2.25. The number of rotatable bonds is 6. The van der Waals surface area contributed by atoms with Gasteiger partial charge < -0.3 is 14.7 Å². The second kappa shape index (κ2) is 11.4. The summed E-state index contributed by atoms with van der Waals surface area (Å²) in [5.41, 5.74) is 1.71. The summed E-state index contributed by atoms with van der Waals surface area (Å²) in [7, 11) is 0. The molecular weight excluding hydrogens is 425 g/mol. The van der Waals surface area contributed by atoms with E-state index in [1.54, 1.807) is 41.6 Å². The number of aromatic amines is 1. The first-order valence-electron chi connectivity index (χ1n) is 11.1. The van der Waals surface area contributed by atoms with Crippen molar-refractivity contribution in [2.45, 2.75) is 52.1 Å². The lowest BCUT2D eigenvalue weighted by Crippen LogP contribution is -2.46. The lowest BCUT2D eigenvalue weighted by atomic mass is 10.0. The Kier molecular flexibility index (Phi) is 8.34. The molecule has 0 aliphatic carbocycles. The lowest BCUT2D eigenvalue weighted by Gasteiger charge is -2.26. The van der Waals surface area contributed by atoms with E-state index in [1.165, 1.54) is 12.3 Å². The highest BCUT2D eigenvalue weighted by Gasteiger charge is 2.34. The minimum atomic E-state index is -0.442. The molecule has 8 nitrogen and oxygen atoms in total. The highest BCUT2D eigenvalue weighted by atomic mass is 19.1. The van der Waals surface area contributed by atoms with Crippen LogP contribution in [0.5, 0.6) is 0 Å². The van der Waals surface area contributed by atoms with Crippen molar-refractivity contribution >= 4 is 11.8 Å². The first-order valence-corrected chi connectivity index (χ1v) is 11.1. The summed E-state index contributed by atoms with van der Waals surface area (Å²) in [5.74, 6) is -0.278. The smallest absolute Gasteiger partial charge is 0.243 e. The molecule has 2 unspecified atom stereocenters. The van der Waals surface area contributed by atoms with Crippen molar-refractivity contribution < 1.29 is 18.5 Å². The van der Waals surface area contributed by atoms with Crippen molar-refractivity contribution in [3.05, 3.63) is 60.4 Å².